The zero-order valence-corrected chi connectivity index (χ0v) is 16.6. The smallest absolute Gasteiger partial charge is 0.243 e. The van der Waals surface area contributed by atoms with Crippen LogP contribution in [0.5, 0.6) is 0 Å². The van der Waals surface area contributed by atoms with Gasteiger partial charge in [0.15, 0.2) is 5.13 Å². The SMILES string of the molecule is O=S(=O)(c1ccc2c(c1)CCC2)N1CCN(c2nc3ccccc3s2)CC1. The molecule has 1 fully saturated rings. The first-order valence-electron chi connectivity index (χ1n) is 9.34. The fourth-order valence-electron chi connectivity index (χ4n) is 3.97. The summed E-state index contributed by atoms with van der Waals surface area (Å²) in [6.07, 6.45) is 3.18. The van der Waals surface area contributed by atoms with Crippen LogP contribution in [0.1, 0.15) is 17.5 Å². The number of fused-ring (bicyclic) bond motifs is 2. The Morgan fingerprint density at radius 3 is 2.52 bits per heavy atom. The molecule has 0 unspecified atom stereocenters. The summed E-state index contributed by atoms with van der Waals surface area (Å²) < 4.78 is 28.9. The second kappa shape index (κ2) is 6.58. The van der Waals surface area contributed by atoms with Crippen LogP contribution in [0, 0.1) is 0 Å². The van der Waals surface area contributed by atoms with Crippen molar-refractivity contribution in [1.29, 1.82) is 0 Å². The molecule has 1 aliphatic carbocycles. The van der Waals surface area contributed by atoms with E-state index < -0.39 is 10.0 Å². The van der Waals surface area contributed by atoms with E-state index in [1.165, 1.54) is 15.8 Å². The fourth-order valence-corrected chi connectivity index (χ4v) is 6.46. The molecule has 5 rings (SSSR count). The van der Waals surface area contributed by atoms with Gasteiger partial charge >= 0.3 is 0 Å². The summed E-state index contributed by atoms with van der Waals surface area (Å²) in [5, 5.41) is 0.978. The van der Waals surface area contributed by atoms with Crippen molar-refractivity contribution in [2.75, 3.05) is 31.1 Å². The summed E-state index contributed by atoms with van der Waals surface area (Å²) in [7, 11) is -3.42. The topological polar surface area (TPSA) is 53.5 Å². The minimum atomic E-state index is -3.42. The molecule has 140 valence electrons. The summed E-state index contributed by atoms with van der Waals surface area (Å²) in [6, 6.07) is 13.8. The Kier molecular flexibility index (Phi) is 4.18. The summed E-state index contributed by atoms with van der Waals surface area (Å²) in [4.78, 5) is 7.33. The molecule has 1 aliphatic heterocycles. The Balaban J connectivity index is 1.33. The van der Waals surface area contributed by atoms with Crippen LogP contribution in [-0.4, -0.2) is 43.9 Å². The molecule has 0 amide bonds. The van der Waals surface area contributed by atoms with Crippen LogP contribution in [0.25, 0.3) is 10.2 Å². The Labute approximate surface area is 163 Å². The van der Waals surface area contributed by atoms with Crippen molar-refractivity contribution < 1.29 is 8.42 Å². The lowest BCUT2D eigenvalue weighted by molar-refractivity contribution is 0.385. The second-order valence-corrected chi connectivity index (χ2v) is 10.1. The summed E-state index contributed by atoms with van der Waals surface area (Å²) in [5.41, 5.74) is 3.50. The van der Waals surface area contributed by atoms with Crippen molar-refractivity contribution in [3.8, 4) is 0 Å². The third-order valence-corrected chi connectivity index (χ3v) is 8.49. The molecule has 0 N–H and O–H groups in total. The molecule has 2 heterocycles. The first-order valence-corrected chi connectivity index (χ1v) is 11.6. The number of nitrogens with zero attached hydrogens (tertiary/aromatic N) is 3. The zero-order chi connectivity index (χ0) is 18.4. The molecule has 0 saturated carbocycles. The summed E-state index contributed by atoms with van der Waals surface area (Å²) in [6.45, 7) is 2.33. The number of anilines is 1. The predicted octanol–water partition coefficient (Wildman–Crippen LogP) is 3.30. The van der Waals surface area contributed by atoms with E-state index in [0.29, 0.717) is 31.1 Å². The molecule has 1 aromatic heterocycles. The largest absolute Gasteiger partial charge is 0.345 e. The second-order valence-electron chi connectivity index (χ2n) is 7.14. The Morgan fingerprint density at radius 2 is 1.70 bits per heavy atom. The standard InChI is InChI=1S/C20H21N3O2S2/c24-27(25,17-9-8-15-4-3-5-16(15)14-17)23-12-10-22(11-13-23)20-21-18-6-1-2-7-19(18)26-20/h1-2,6-9,14H,3-5,10-13H2. The maximum Gasteiger partial charge on any atom is 0.243 e. The molecular formula is C20H21N3O2S2. The minimum absolute atomic E-state index is 0.441. The highest BCUT2D eigenvalue weighted by atomic mass is 32.2. The number of sulfonamides is 1. The first kappa shape index (κ1) is 17.2. The quantitative estimate of drug-likeness (QED) is 0.678. The van der Waals surface area contributed by atoms with Gasteiger partial charge in [0, 0.05) is 26.2 Å². The number of hydrogen-bond donors (Lipinski definition) is 0. The van der Waals surface area contributed by atoms with Gasteiger partial charge in [-0.05, 0) is 54.7 Å². The van der Waals surface area contributed by atoms with E-state index in [1.807, 2.05) is 30.3 Å². The maximum absolute atomic E-state index is 13.1. The Bertz CT molecular complexity index is 1070. The molecule has 1 saturated heterocycles. The Hall–Kier alpha value is -1.96. The van der Waals surface area contributed by atoms with Crippen molar-refractivity contribution in [1.82, 2.24) is 9.29 Å². The molecule has 2 aliphatic rings. The third kappa shape index (κ3) is 3.03. The van der Waals surface area contributed by atoms with Crippen LogP contribution in [-0.2, 0) is 22.9 Å². The highest BCUT2D eigenvalue weighted by Crippen LogP contribution is 2.30. The van der Waals surface area contributed by atoms with Gasteiger partial charge in [-0.1, -0.05) is 29.5 Å². The number of aromatic nitrogens is 1. The number of para-hydroxylation sites is 1. The van der Waals surface area contributed by atoms with Crippen molar-refractivity contribution >= 4 is 36.7 Å². The van der Waals surface area contributed by atoms with Gasteiger partial charge in [-0.3, -0.25) is 0 Å². The van der Waals surface area contributed by atoms with Gasteiger partial charge in [0.1, 0.15) is 0 Å². The fraction of sp³-hybridized carbons (Fsp3) is 0.350. The van der Waals surface area contributed by atoms with Crippen LogP contribution in [0.15, 0.2) is 47.4 Å². The van der Waals surface area contributed by atoms with E-state index in [0.717, 1.165) is 29.9 Å². The molecule has 7 heteroatoms. The van der Waals surface area contributed by atoms with Gasteiger partial charge in [-0.15, -0.1) is 0 Å². The van der Waals surface area contributed by atoms with Crippen molar-refractivity contribution in [2.24, 2.45) is 0 Å². The van der Waals surface area contributed by atoms with Crippen molar-refractivity contribution in [3.05, 3.63) is 53.6 Å². The van der Waals surface area contributed by atoms with Crippen LogP contribution >= 0.6 is 11.3 Å². The van der Waals surface area contributed by atoms with Gasteiger partial charge in [0.2, 0.25) is 10.0 Å². The zero-order valence-electron chi connectivity index (χ0n) is 15.0. The number of aryl methyl sites for hydroxylation is 2. The Morgan fingerprint density at radius 1 is 0.926 bits per heavy atom. The predicted molar refractivity (Wildman–Crippen MR) is 109 cm³/mol. The van der Waals surface area contributed by atoms with E-state index in [4.69, 9.17) is 4.98 Å². The number of benzene rings is 2. The van der Waals surface area contributed by atoms with Gasteiger partial charge in [0.05, 0.1) is 15.1 Å². The third-order valence-electron chi connectivity index (χ3n) is 5.50. The number of rotatable bonds is 3. The van der Waals surface area contributed by atoms with Gasteiger partial charge < -0.3 is 4.90 Å². The molecule has 0 bridgehead atoms. The molecule has 3 aromatic rings. The van der Waals surface area contributed by atoms with Crippen LogP contribution in [0.4, 0.5) is 5.13 Å². The lowest BCUT2D eigenvalue weighted by Crippen LogP contribution is -2.48. The monoisotopic (exact) mass is 399 g/mol. The minimum Gasteiger partial charge on any atom is -0.345 e. The highest BCUT2D eigenvalue weighted by molar-refractivity contribution is 7.89. The molecular weight excluding hydrogens is 378 g/mol. The molecule has 0 spiro atoms. The van der Waals surface area contributed by atoms with Crippen LogP contribution in [0.2, 0.25) is 0 Å². The molecule has 27 heavy (non-hydrogen) atoms. The van der Waals surface area contributed by atoms with E-state index in [-0.39, 0.29) is 0 Å². The summed E-state index contributed by atoms with van der Waals surface area (Å²) >= 11 is 1.67. The number of hydrogen-bond acceptors (Lipinski definition) is 5. The van der Waals surface area contributed by atoms with Crippen molar-refractivity contribution in [2.45, 2.75) is 24.2 Å². The van der Waals surface area contributed by atoms with Crippen LogP contribution < -0.4 is 4.90 Å². The molecule has 2 aromatic carbocycles. The number of thiazole rings is 1. The van der Waals surface area contributed by atoms with E-state index >= 15 is 0 Å². The summed E-state index contributed by atoms with van der Waals surface area (Å²) in [5.74, 6) is 0. The molecule has 0 atom stereocenters. The van der Waals surface area contributed by atoms with Gasteiger partial charge in [-0.25, -0.2) is 13.4 Å². The number of piperazine rings is 1. The molecule has 5 nitrogen and oxygen atoms in total. The van der Waals surface area contributed by atoms with Gasteiger partial charge in [-0.2, -0.15) is 4.31 Å². The highest BCUT2D eigenvalue weighted by Gasteiger charge is 2.30. The van der Waals surface area contributed by atoms with Crippen LogP contribution in [0.3, 0.4) is 0 Å². The van der Waals surface area contributed by atoms with E-state index in [1.54, 1.807) is 21.7 Å². The average Bonchev–Trinajstić information content (AvgIpc) is 3.34. The van der Waals surface area contributed by atoms with Crippen molar-refractivity contribution in [3.63, 3.8) is 0 Å². The lowest BCUT2D eigenvalue weighted by Gasteiger charge is -2.33. The van der Waals surface area contributed by atoms with E-state index in [2.05, 4.69) is 11.0 Å². The lowest BCUT2D eigenvalue weighted by atomic mass is 10.1. The average molecular weight is 400 g/mol. The maximum atomic E-state index is 13.1. The van der Waals surface area contributed by atoms with E-state index in [9.17, 15) is 8.42 Å². The molecule has 0 radical (unpaired) electrons. The van der Waals surface area contributed by atoms with Gasteiger partial charge in [0.25, 0.3) is 0 Å². The normalized spacial score (nSPS) is 18.1. The first-order chi connectivity index (χ1) is 13.1.